The van der Waals surface area contributed by atoms with Gasteiger partial charge < -0.3 is 0 Å². The lowest BCUT2D eigenvalue weighted by atomic mass is 9.81. The highest BCUT2D eigenvalue weighted by Gasteiger charge is 2.35. The number of nitrogens with zero attached hydrogens (tertiary/aromatic N) is 3. The van der Waals surface area contributed by atoms with Gasteiger partial charge in [-0.15, -0.1) is 0 Å². The summed E-state index contributed by atoms with van der Waals surface area (Å²) >= 11 is 0. The van der Waals surface area contributed by atoms with Crippen molar-refractivity contribution in [1.82, 2.24) is 15.0 Å². The third-order valence-electron chi connectivity index (χ3n) is 9.73. The van der Waals surface area contributed by atoms with Gasteiger partial charge in [-0.3, -0.25) is 4.98 Å². The highest BCUT2D eigenvalue weighted by Crippen LogP contribution is 2.50. The maximum atomic E-state index is 5.17. The summed E-state index contributed by atoms with van der Waals surface area (Å²) in [6.07, 6.45) is 1.83. The van der Waals surface area contributed by atoms with Crippen LogP contribution in [0.25, 0.3) is 77.8 Å². The van der Waals surface area contributed by atoms with Crippen LogP contribution < -0.4 is 0 Å². The average Bonchev–Trinajstić information content (AvgIpc) is 3.36. The highest BCUT2D eigenvalue weighted by molar-refractivity contribution is 6.11. The molecule has 9 rings (SSSR count). The molecule has 0 spiro atoms. The number of hydrogen-bond donors (Lipinski definition) is 0. The second kappa shape index (κ2) is 10.6. The Hall–Kier alpha value is -5.93. The van der Waals surface area contributed by atoms with Crippen molar-refractivity contribution in [1.29, 1.82) is 0 Å². The molecule has 0 saturated heterocycles. The fourth-order valence-electron chi connectivity index (χ4n) is 7.22. The molecule has 0 fully saturated rings. The van der Waals surface area contributed by atoms with Crippen LogP contribution >= 0.6 is 0 Å². The van der Waals surface area contributed by atoms with E-state index < -0.39 is 0 Å². The molecule has 0 radical (unpaired) electrons. The number of rotatable bonds is 4. The predicted octanol–water partition coefficient (Wildman–Crippen LogP) is 11.2. The standard InChI is InChI=1S/C44H31N3/c1-44(2)38-13-7-6-12-34(38)37-26-36-32(25-39(37)44)21-15-28-16-22-33(24-35(28)36)43-46-41(29-10-4-3-5-11-29)27-42(47-43)31-19-17-30(18-20-31)40-14-8-9-23-45-40/h3-27H,1-2H3. The van der Waals surface area contributed by atoms with Crippen molar-refractivity contribution >= 4 is 21.5 Å². The molecular weight excluding hydrogens is 571 g/mol. The molecule has 0 N–H and O–H groups in total. The monoisotopic (exact) mass is 601 g/mol. The number of pyridine rings is 1. The lowest BCUT2D eigenvalue weighted by molar-refractivity contribution is 0.661. The van der Waals surface area contributed by atoms with Crippen LogP contribution in [0, 0.1) is 0 Å². The van der Waals surface area contributed by atoms with E-state index >= 15 is 0 Å². The third-order valence-corrected chi connectivity index (χ3v) is 9.73. The largest absolute Gasteiger partial charge is 0.256 e. The number of benzene rings is 6. The van der Waals surface area contributed by atoms with Crippen LogP contribution in [-0.4, -0.2) is 15.0 Å². The van der Waals surface area contributed by atoms with Crippen molar-refractivity contribution in [3.05, 3.63) is 163 Å². The third kappa shape index (κ3) is 4.54. The summed E-state index contributed by atoms with van der Waals surface area (Å²) in [6.45, 7) is 4.67. The first-order valence-corrected chi connectivity index (χ1v) is 16.1. The lowest BCUT2D eigenvalue weighted by Crippen LogP contribution is -2.14. The number of aromatic nitrogens is 3. The fraction of sp³-hybridized carbons (Fsp3) is 0.0682. The van der Waals surface area contributed by atoms with Crippen molar-refractivity contribution in [2.75, 3.05) is 0 Å². The molecule has 0 bridgehead atoms. The molecular formula is C44H31N3. The van der Waals surface area contributed by atoms with Crippen LogP contribution in [0.2, 0.25) is 0 Å². The summed E-state index contributed by atoms with van der Waals surface area (Å²) in [7, 11) is 0. The van der Waals surface area contributed by atoms with Crippen LogP contribution in [0.15, 0.2) is 152 Å². The normalized spacial score (nSPS) is 13.1. The van der Waals surface area contributed by atoms with Crippen molar-refractivity contribution in [3.8, 4) is 56.3 Å². The van der Waals surface area contributed by atoms with Crippen molar-refractivity contribution in [2.45, 2.75) is 19.3 Å². The Morgan fingerprint density at radius 3 is 1.81 bits per heavy atom. The Kier molecular flexibility index (Phi) is 6.16. The van der Waals surface area contributed by atoms with Gasteiger partial charge in [0.25, 0.3) is 0 Å². The minimum absolute atomic E-state index is 0.0329. The van der Waals surface area contributed by atoms with E-state index in [0.717, 1.165) is 39.3 Å². The molecule has 3 nitrogen and oxygen atoms in total. The van der Waals surface area contributed by atoms with E-state index in [4.69, 9.17) is 9.97 Å². The minimum Gasteiger partial charge on any atom is -0.256 e. The maximum absolute atomic E-state index is 5.17. The Balaban J connectivity index is 1.21. The molecule has 47 heavy (non-hydrogen) atoms. The van der Waals surface area contributed by atoms with Gasteiger partial charge in [0, 0.05) is 33.9 Å². The van der Waals surface area contributed by atoms with Gasteiger partial charge in [-0.2, -0.15) is 0 Å². The van der Waals surface area contributed by atoms with Crippen LogP contribution in [-0.2, 0) is 5.41 Å². The van der Waals surface area contributed by atoms with E-state index in [9.17, 15) is 0 Å². The van der Waals surface area contributed by atoms with Crippen molar-refractivity contribution in [2.24, 2.45) is 0 Å². The van der Waals surface area contributed by atoms with Crippen molar-refractivity contribution < 1.29 is 0 Å². The lowest BCUT2D eigenvalue weighted by Gasteiger charge is -2.21. The van der Waals surface area contributed by atoms with Crippen LogP contribution in [0.5, 0.6) is 0 Å². The van der Waals surface area contributed by atoms with E-state index in [-0.39, 0.29) is 5.41 Å². The smallest absolute Gasteiger partial charge is 0.160 e. The van der Waals surface area contributed by atoms with Crippen LogP contribution in [0.4, 0.5) is 0 Å². The topological polar surface area (TPSA) is 38.7 Å². The first-order valence-electron chi connectivity index (χ1n) is 16.1. The van der Waals surface area contributed by atoms with Gasteiger partial charge in [-0.25, -0.2) is 9.97 Å². The predicted molar refractivity (Wildman–Crippen MR) is 194 cm³/mol. The van der Waals surface area contributed by atoms with E-state index in [2.05, 4.69) is 140 Å². The van der Waals surface area contributed by atoms with Crippen molar-refractivity contribution in [3.63, 3.8) is 0 Å². The Morgan fingerprint density at radius 1 is 0.426 bits per heavy atom. The summed E-state index contributed by atoms with van der Waals surface area (Å²) in [4.78, 5) is 14.8. The highest BCUT2D eigenvalue weighted by atomic mass is 14.9. The molecule has 1 aliphatic carbocycles. The first kappa shape index (κ1) is 27.4. The van der Waals surface area contributed by atoms with Gasteiger partial charge in [0.15, 0.2) is 5.82 Å². The first-order chi connectivity index (χ1) is 23.0. The maximum Gasteiger partial charge on any atom is 0.160 e. The molecule has 3 heteroatoms. The van der Waals surface area contributed by atoms with Crippen LogP contribution in [0.1, 0.15) is 25.0 Å². The molecule has 0 amide bonds. The Morgan fingerprint density at radius 2 is 1.04 bits per heavy atom. The fourth-order valence-corrected chi connectivity index (χ4v) is 7.22. The Bertz CT molecular complexity index is 2460. The van der Waals surface area contributed by atoms with E-state index in [1.807, 2.05) is 30.5 Å². The minimum atomic E-state index is -0.0329. The number of fused-ring (bicyclic) bond motifs is 6. The number of hydrogen-bond acceptors (Lipinski definition) is 3. The van der Waals surface area contributed by atoms with Gasteiger partial charge in [-0.1, -0.05) is 123 Å². The van der Waals surface area contributed by atoms with Gasteiger partial charge in [-0.05, 0) is 80.2 Å². The molecule has 0 unspecified atom stereocenters. The second-order valence-corrected chi connectivity index (χ2v) is 12.9. The summed E-state index contributed by atoms with van der Waals surface area (Å²) < 4.78 is 0. The molecule has 0 aliphatic heterocycles. The zero-order valence-electron chi connectivity index (χ0n) is 26.3. The van der Waals surface area contributed by atoms with Gasteiger partial charge in [0.1, 0.15) is 0 Å². The van der Waals surface area contributed by atoms with E-state index in [1.165, 1.54) is 43.8 Å². The second-order valence-electron chi connectivity index (χ2n) is 12.9. The Labute approximate surface area is 274 Å². The zero-order valence-corrected chi connectivity index (χ0v) is 26.3. The molecule has 222 valence electrons. The molecule has 8 aromatic rings. The SMILES string of the molecule is CC1(C)c2ccccc2-c2cc3c(ccc4ccc(-c5nc(-c6ccccc6)cc(-c6ccc(-c7ccccn7)cc6)n5)cc43)cc21. The summed E-state index contributed by atoms with van der Waals surface area (Å²) in [5.74, 6) is 0.710. The van der Waals surface area contributed by atoms with Gasteiger partial charge in [0.2, 0.25) is 0 Å². The summed E-state index contributed by atoms with van der Waals surface area (Å²) in [5.41, 5.74) is 12.3. The van der Waals surface area contributed by atoms with E-state index in [0.29, 0.717) is 5.82 Å². The van der Waals surface area contributed by atoms with Gasteiger partial charge in [0.05, 0.1) is 17.1 Å². The van der Waals surface area contributed by atoms with Gasteiger partial charge >= 0.3 is 0 Å². The molecule has 0 atom stereocenters. The molecule has 2 heterocycles. The molecule has 2 aromatic heterocycles. The molecule has 6 aromatic carbocycles. The summed E-state index contributed by atoms with van der Waals surface area (Å²) in [6, 6.07) is 51.7. The quantitative estimate of drug-likeness (QED) is 0.188. The zero-order chi connectivity index (χ0) is 31.5. The summed E-state index contributed by atoms with van der Waals surface area (Å²) in [5, 5.41) is 4.92. The van der Waals surface area contributed by atoms with E-state index in [1.54, 1.807) is 0 Å². The molecule has 0 saturated carbocycles. The average molecular weight is 602 g/mol. The van der Waals surface area contributed by atoms with Crippen LogP contribution in [0.3, 0.4) is 0 Å². The molecule has 1 aliphatic rings.